The van der Waals surface area contributed by atoms with Gasteiger partial charge in [-0.25, -0.2) is 9.78 Å². The number of ether oxygens (including phenoxy) is 1. The number of fused-ring (bicyclic) bond motifs is 1. The van der Waals surface area contributed by atoms with E-state index in [0.29, 0.717) is 24.3 Å². The molecular formula is C30H36F3N3O4. The number of benzene rings is 1. The van der Waals surface area contributed by atoms with Gasteiger partial charge in [-0.2, -0.15) is 13.2 Å². The molecule has 2 aromatic rings. The molecule has 3 heterocycles. The SMILES string of the molecule is CC(C)[C@]1(C(=O)N2COc3ncc(C(F)(F)F)cc3C2)CC[C@@H](N2CC[C@@H](c3cccc(C(=O)O)c3)[C@H](C)C2)C1. The maximum absolute atomic E-state index is 14.0. The average molecular weight is 560 g/mol. The molecule has 40 heavy (non-hydrogen) atoms. The summed E-state index contributed by atoms with van der Waals surface area (Å²) in [7, 11) is 0. The van der Waals surface area contributed by atoms with Crippen LogP contribution in [0.4, 0.5) is 13.2 Å². The summed E-state index contributed by atoms with van der Waals surface area (Å²) >= 11 is 0. The Morgan fingerprint density at radius 1 is 1.20 bits per heavy atom. The number of amides is 1. The number of carboxylic acid groups (broad SMARTS) is 1. The number of carbonyl (C=O) groups excluding carboxylic acids is 1. The van der Waals surface area contributed by atoms with Crippen molar-refractivity contribution < 1.29 is 32.6 Å². The molecule has 10 heteroatoms. The summed E-state index contributed by atoms with van der Waals surface area (Å²) in [5.74, 6) is -0.196. The highest BCUT2D eigenvalue weighted by atomic mass is 19.4. The van der Waals surface area contributed by atoms with Crippen LogP contribution < -0.4 is 4.74 Å². The normalized spacial score (nSPS) is 27.4. The van der Waals surface area contributed by atoms with Gasteiger partial charge in [0.15, 0.2) is 6.73 Å². The lowest BCUT2D eigenvalue weighted by atomic mass is 9.74. The molecule has 1 amide bonds. The molecule has 216 valence electrons. The van der Waals surface area contributed by atoms with Crippen molar-refractivity contribution in [1.29, 1.82) is 0 Å². The molecule has 0 spiro atoms. The van der Waals surface area contributed by atoms with Crippen LogP contribution in [0.1, 0.15) is 79.4 Å². The number of alkyl halides is 3. The van der Waals surface area contributed by atoms with Crippen molar-refractivity contribution in [2.75, 3.05) is 19.8 Å². The minimum atomic E-state index is -4.52. The standard InChI is InChI=1S/C30H36F3N3O4/c1-18(2)29(28(39)36-16-22-12-23(30(31,32)33)14-34-26(22)40-17-36)9-7-24(13-29)35-10-8-25(19(3)15-35)20-5-4-6-21(11-20)27(37)38/h4-6,11-12,14,18-19,24-25H,7-10,13,15-17H2,1-3H3,(H,37,38)/t19-,24-,25-,29+/m1/s1. The molecule has 1 aromatic carbocycles. The van der Waals surface area contributed by atoms with Gasteiger partial charge < -0.3 is 19.6 Å². The molecule has 1 aliphatic carbocycles. The van der Waals surface area contributed by atoms with E-state index in [9.17, 15) is 27.9 Å². The van der Waals surface area contributed by atoms with E-state index in [-0.39, 0.29) is 48.5 Å². The van der Waals surface area contributed by atoms with Gasteiger partial charge in [-0.1, -0.05) is 32.9 Å². The first-order chi connectivity index (χ1) is 18.9. The van der Waals surface area contributed by atoms with Crippen molar-refractivity contribution in [3.63, 3.8) is 0 Å². The monoisotopic (exact) mass is 559 g/mol. The molecule has 0 radical (unpaired) electrons. The Bertz CT molecular complexity index is 1280. The number of aromatic carboxylic acids is 1. The molecule has 0 unspecified atom stereocenters. The van der Waals surface area contributed by atoms with E-state index in [1.807, 2.05) is 19.9 Å². The zero-order valence-corrected chi connectivity index (χ0v) is 23.1. The third-order valence-corrected chi connectivity index (χ3v) is 9.33. The number of carboxylic acids is 1. The zero-order valence-electron chi connectivity index (χ0n) is 23.1. The predicted molar refractivity (Wildman–Crippen MR) is 142 cm³/mol. The van der Waals surface area contributed by atoms with Crippen LogP contribution in [0.15, 0.2) is 36.5 Å². The summed E-state index contributed by atoms with van der Waals surface area (Å²) in [5.41, 5.74) is 0.162. The fourth-order valence-electron chi connectivity index (χ4n) is 6.96. The summed E-state index contributed by atoms with van der Waals surface area (Å²) in [6.07, 6.45) is -0.557. The Hall–Kier alpha value is -3.14. The van der Waals surface area contributed by atoms with E-state index in [1.165, 1.54) is 4.90 Å². The molecule has 4 atom stereocenters. The van der Waals surface area contributed by atoms with Gasteiger partial charge in [0.1, 0.15) is 0 Å². The zero-order chi connectivity index (χ0) is 28.8. The highest BCUT2D eigenvalue weighted by Gasteiger charge is 2.51. The molecule has 1 saturated carbocycles. The van der Waals surface area contributed by atoms with Crippen molar-refractivity contribution in [3.8, 4) is 5.88 Å². The lowest BCUT2D eigenvalue weighted by Crippen LogP contribution is -2.49. The highest BCUT2D eigenvalue weighted by molar-refractivity contribution is 5.87. The molecule has 2 fully saturated rings. The van der Waals surface area contributed by atoms with Crippen molar-refractivity contribution in [2.24, 2.45) is 17.3 Å². The van der Waals surface area contributed by atoms with E-state index >= 15 is 0 Å². The molecule has 5 rings (SSSR count). The lowest BCUT2D eigenvalue weighted by Gasteiger charge is -2.42. The van der Waals surface area contributed by atoms with Crippen LogP contribution in [-0.2, 0) is 17.5 Å². The summed E-state index contributed by atoms with van der Waals surface area (Å²) in [4.78, 5) is 33.3. The van der Waals surface area contributed by atoms with Gasteiger partial charge in [-0.3, -0.25) is 4.79 Å². The third-order valence-electron chi connectivity index (χ3n) is 9.33. The third kappa shape index (κ3) is 5.30. The van der Waals surface area contributed by atoms with Crippen LogP contribution in [0.25, 0.3) is 0 Å². The van der Waals surface area contributed by atoms with Gasteiger partial charge in [-0.15, -0.1) is 0 Å². The fraction of sp³-hybridized carbons (Fsp3) is 0.567. The lowest BCUT2D eigenvalue weighted by molar-refractivity contribution is -0.150. The topological polar surface area (TPSA) is 83.0 Å². The number of aromatic nitrogens is 1. The number of hydrogen-bond donors (Lipinski definition) is 1. The Morgan fingerprint density at radius 2 is 1.98 bits per heavy atom. The van der Waals surface area contributed by atoms with E-state index in [2.05, 4.69) is 16.8 Å². The number of carbonyl (C=O) groups is 2. The molecule has 0 bridgehead atoms. The highest BCUT2D eigenvalue weighted by Crippen LogP contribution is 2.49. The van der Waals surface area contributed by atoms with E-state index < -0.39 is 23.1 Å². The predicted octanol–water partition coefficient (Wildman–Crippen LogP) is 5.80. The first kappa shape index (κ1) is 28.4. The van der Waals surface area contributed by atoms with Gasteiger partial charge in [0.05, 0.1) is 23.1 Å². The van der Waals surface area contributed by atoms with Crippen molar-refractivity contribution >= 4 is 11.9 Å². The van der Waals surface area contributed by atoms with Crippen LogP contribution in [-0.4, -0.2) is 57.6 Å². The molecule has 1 saturated heterocycles. The van der Waals surface area contributed by atoms with Gasteiger partial charge in [0, 0.05) is 24.3 Å². The van der Waals surface area contributed by atoms with E-state index in [0.717, 1.165) is 43.8 Å². The number of piperidine rings is 1. The number of nitrogens with zero attached hydrogens (tertiary/aromatic N) is 3. The molecule has 7 nitrogen and oxygen atoms in total. The Kier molecular flexibility index (Phi) is 7.58. The number of hydrogen-bond acceptors (Lipinski definition) is 5. The van der Waals surface area contributed by atoms with Crippen LogP contribution in [0.3, 0.4) is 0 Å². The first-order valence-corrected chi connectivity index (χ1v) is 13.9. The van der Waals surface area contributed by atoms with Crippen molar-refractivity contribution in [1.82, 2.24) is 14.8 Å². The number of halogens is 3. The second-order valence-electron chi connectivity index (χ2n) is 12.0. The summed E-state index contributed by atoms with van der Waals surface area (Å²) in [5, 5.41) is 9.39. The minimum Gasteiger partial charge on any atom is -0.478 e. The van der Waals surface area contributed by atoms with Crippen LogP contribution in [0, 0.1) is 17.3 Å². The minimum absolute atomic E-state index is 0.0266. The quantitative estimate of drug-likeness (QED) is 0.499. The Balaban J connectivity index is 1.28. The average Bonchev–Trinajstić information content (AvgIpc) is 3.38. The number of rotatable bonds is 5. The maximum Gasteiger partial charge on any atom is 0.417 e. The Morgan fingerprint density at radius 3 is 2.65 bits per heavy atom. The second kappa shape index (κ2) is 10.7. The first-order valence-electron chi connectivity index (χ1n) is 13.9. The molecule has 3 aliphatic rings. The van der Waals surface area contributed by atoms with Crippen LogP contribution in [0.2, 0.25) is 0 Å². The van der Waals surface area contributed by atoms with Crippen molar-refractivity contribution in [3.05, 3.63) is 58.8 Å². The summed E-state index contributed by atoms with van der Waals surface area (Å²) in [6, 6.07) is 8.47. The summed E-state index contributed by atoms with van der Waals surface area (Å²) in [6.45, 7) is 8.04. The molecule has 1 aromatic heterocycles. The smallest absolute Gasteiger partial charge is 0.417 e. The molecular weight excluding hydrogens is 523 g/mol. The van der Waals surface area contributed by atoms with E-state index in [4.69, 9.17) is 4.74 Å². The Labute approximate surface area is 232 Å². The molecule has 2 aliphatic heterocycles. The second-order valence-corrected chi connectivity index (χ2v) is 12.0. The van der Waals surface area contributed by atoms with Crippen LogP contribution >= 0.6 is 0 Å². The number of pyridine rings is 1. The van der Waals surface area contributed by atoms with Gasteiger partial charge in [-0.05, 0) is 73.7 Å². The number of likely N-dealkylation sites (tertiary alicyclic amines) is 1. The maximum atomic E-state index is 14.0. The summed E-state index contributed by atoms with van der Waals surface area (Å²) < 4.78 is 45.4. The van der Waals surface area contributed by atoms with Gasteiger partial charge in [0.2, 0.25) is 11.8 Å². The van der Waals surface area contributed by atoms with Crippen LogP contribution in [0.5, 0.6) is 5.88 Å². The van der Waals surface area contributed by atoms with Gasteiger partial charge in [0.25, 0.3) is 0 Å². The van der Waals surface area contributed by atoms with Gasteiger partial charge >= 0.3 is 12.1 Å². The fourth-order valence-corrected chi connectivity index (χ4v) is 6.96. The molecule has 1 N–H and O–H groups in total. The largest absolute Gasteiger partial charge is 0.478 e. The van der Waals surface area contributed by atoms with Crippen molar-refractivity contribution in [2.45, 2.75) is 71.1 Å². The van der Waals surface area contributed by atoms with E-state index in [1.54, 1.807) is 18.2 Å².